The van der Waals surface area contributed by atoms with Crippen molar-refractivity contribution >= 4 is 11.9 Å². The number of carbonyl (C=O) groups excluding carboxylic acids is 2. The summed E-state index contributed by atoms with van der Waals surface area (Å²) in [5, 5.41) is 6.24. The Labute approximate surface area is 99.6 Å². The van der Waals surface area contributed by atoms with Crippen LogP contribution in [0.3, 0.4) is 0 Å². The van der Waals surface area contributed by atoms with Crippen LogP contribution in [0.4, 0.5) is 0 Å². The number of piperidine rings is 1. The number of esters is 1. The lowest BCUT2D eigenvalue weighted by Gasteiger charge is -2.39. The summed E-state index contributed by atoms with van der Waals surface area (Å²) in [5.41, 5.74) is 0.657. The highest BCUT2D eigenvalue weighted by molar-refractivity contribution is 5.88. The van der Waals surface area contributed by atoms with Gasteiger partial charge >= 0.3 is 5.97 Å². The number of nitrogens with one attached hydrogen (secondary N) is 2. The van der Waals surface area contributed by atoms with Crippen LogP contribution >= 0.6 is 0 Å². The molecule has 1 amide bonds. The summed E-state index contributed by atoms with van der Waals surface area (Å²) >= 11 is 0. The minimum Gasteiger partial charge on any atom is -0.458 e. The Morgan fingerprint density at radius 2 is 2.12 bits per heavy atom. The van der Waals surface area contributed by atoms with Crippen molar-refractivity contribution in [3.05, 3.63) is 11.6 Å². The van der Waals surface area contributed by atoms with Crippen molar-refractivity contribution < 1.29 is 14.3 Å². The summed E-state index contributed by atoms with van der Waals surface area (Å²) in [6, 6.07) is 0. The van der Waals surface area contributed by atoms with E-state index >= 15 is 0 Å². The molecule has 0 aromatic carbocycles. The number of cyclic esters (lactones) is 1. The molecule has 0 aromatic heterocycles. The fourth-order valence-corrected chi connectivity index (χ4v) is 3.26. The van der Waals surface area contributed by atoms with Crippen molar-refractivity contribution in [2.45, 2.75) is 12.8 Å². The first-order chi connectivity index (χ1) is 8.22. The predicted molar refractivity (Wildman–Crippen MR) is 60.1 cm³/mol. The molecule has 0 radical (unpaired) electrons. The van der Waals surface area contributed by atoms with Gasteiger partial charge in [0, 0.05) is 25.1 Å². The Hall–Kier alpha value is -1.36. The first kappa shape index (κ1) is 10.8. The molecule has 2 saturated heterocycles. The summed E-state index contributed by atoms with van der Waals surface area (Å²) < 4.78 is 4.97. The monoisotopic (exact) mass is 236 g/mol. The van der Waals surface area contributed by atoms with Gasteiger partial charge in [-0.2, -0.15) is 0 Å². The second-order valence-corrected chi connectivity index (χ2v) is 5.00. The first-order valence-electron chi connectivity index (χ1n) is 6.09. The van der Waals surface area contributed by atoms with Gasteiger partial charge in [-0.25, -0.2) is 4.79 Å². The van der Waals surface area contributed by atoms with E-state index in [9.17, 15) is 9.59 Å². The molecule has 2 unspecified atom stereocenters. The van der Waals surface area contributed by atoms with Gasteiger partial charge in [-0.1, -0.05) is 0 Å². The molecule has 0 aliphatic carbocycles. The topological polar surface area (TPSA) is 67.4 Å². The molecule has 1 spiro atoms. The molecule has 3 heterocycles. The maximum Gasteiger partial charge on any atom is 0.331 e. The molecule has 3 aliphatic heterocycles. The normalized spacial score (nSPS) is 36.9. The minimum atomic E-state index is -0.314. The molecule has 2 N–H and O–H groups in total. The SMILES string of the molecule is O=C1C=C(C2CNCCC23CCNC3=O)CO1. The van der Waals surface area contributed by atoms with E-state index in [0.29, 0.717) is 6.61 Å². The third-order valence-electron chi connectivity index (χ3n) is 4.20. The van der Waals surface area contributed by atoms with E-state index in [1.54, 1.807) is 6.08 Å². The van der Waals surface area contributed by atoms with Gasteiger partial charge in [0.25, 0.3) is 0 Å². The van der Waals surface area contributed by atoms with Gasteiger partial charge < -0.3 is 15.4 Å². The average Bonchev–Trinajstić information content (AvgIpc) is 2.89. The van der Waals surface area contributed by atoms with Crippen LogP contribution in [-0.4, -0.2) is 38.1 Å². The van der Waals surface area contributed by atoms with Crippen LogP contribution in [0.2, 0.25) is 0 Å². The summed E-state index contributed by atoms with van der Waals surface area (Å²) in [6.07, 6.45) is 3.27. The molecule has 0 saturated carbocycles. The Bertz CT molecular complexity index is 405. The van der Waals surface area contributed by atoms with Gasteiger partial charge in [0.15, 0.2) is 0 Å². The zero-order valence-corrected chi connectivity index (χ0v) is 9.62. The number of amides is 1. The highest BCUT2D eigenvalue weighted by Gasteiger charge is 2.51. The van der Waals surface area contributed by atoms with E-state index in [-0.39, 0.29) is 23.2 Å². The number of carbonyl (C=O) groups is 2. The molecule has 3 rings (SSSR count). The first-order valence-corrected chi connectivity index (χ1v) is 6.09. The van der Waals surface area contributed by atoms with Crippen molar-refractivity contribution in [3.63, 3.8) is 0 Å². The Balaban J connectivity index is 1.93. The van der Waals surface area contributed by atoms with Gasteiger partial charge in [-0.3, -0.25) is 4.79 Å². The van der Waals surface area contributed by atoms with Gasteiger partial charge in [0.1, 0.15) is 6.61 Å². The van der Waals surface area contributed by atoms with Crippen LogP contribution in [0.1, 0.15) is 12.8 Å². The van der Waals surface area contributed by atoms with E-state index in [2.05, 4.69) is 10.6 Å². The summed E-state index contributed by atoms with van der Waals surface area (Å²) in [5.74, 6) is -0.0337. The lowest BCUT2D eigenvalue weighted by Crippen LogP contribution is -2.50. The second kappa shape index (κ2) is 3.84. The lowest BCUT2D eigenvalue weighted by atomic mass is 9.66. The molecule has 3 aliphatic rings. The number of hydrogen-bond donors (Lipinski definition) is 2. The minimum absolute atomic E-state index is 0.102. The van der Waals surface area contributed by atoms with E-state index in [4.69, 9.17) is 4.74 Å². The zero-order chi connectivity index (χ0) is 11.9. The van der Waals surface area contributed by atoms with Gasteiger partial charge in [-0.15, -0.1) is 0 Å². The molecular formula is C12H16N2O3. The predicted octanol–water partition coefficient (Wildman–Crippen LogP) is -0.415. The summed E-state index contributed by atoms with van der Waals surface area (Å²) in [6.45, 7) is 2.72. The van der Waals surface area contributed by atoms with Gasteiger partial charge in [-0.05, 0) is 25.0 Å². The fraction of sp³-hybridized carbons (Fsp3) is 0.667. The van der Waals surface area contributed by atoms with Crippen LogP contribution in [0.15, 0.2) is 11.6 Å². The quantitative estimate of drug-likeness (QED) is 0.607. The van der Waals surface area contributed by atoms with E-state index in [0.717, 1.165) is 38.0 Å². The molecular weight excluding hydrogens is 220 g/mol. The highest BCUT2D eigenvalue weighted by atomic mass is 16.5. The number of ether oxygens (including phenoxy) is 1. The molecule has 5 heteroatoms. The van der Waals surface area contributed by atoms with Gasteiger partial charge in [0.2, 0.25) is 5.91 Å². The second-order valence-electron chi connectivity index (χ2n) is 5.00. The largest absolute Gasteiger partial charge is 0.458 e. The molecule has 2 fully saturated rings. The van der Waals surface area contributed by atoms with Crippen molar-refractivity contribution in [1.29, 1.82) is 0 Å². The number of hydrogen-bond acceptors (Lipinski definition) is 4. The van der Waals surface area contributed by atoms with Crippen molar-refractivity contribution in [2.75, 3.05) is 26.2 Å². The maximum atomic E-state index is 12.1. The van der Waals surface area contributed by atoms with Crippen molar-refractivity contribution in [1.82, 2.24) is 10.6 Å². The van der Waals surface area contributed by atoms with E-state index in [1.807, 2.05) is 0 Å². The molecule has 5 nitrogen and oxygen atoms in total. The summed E-state index contributed by atoms with van der Waals surface area (Å²) in [4.78, 5) is 23.3. The molecule has 17 heavy (non-hydrogen) atoms. The Morgan fingerprint density at radius 1 is 1.29 bits per heavy atom. The third-order valence-corrected chi connectivity index (χ3v) is 4.20. The van der Waals surface area contributed by atoms with Crippen LogP contribution in [0.25, 0.3) is 0 Å². The molecule has 0 bridgehead atoms. The maximum absolute atomic E-state index is 12.1. The van der Waals surface area contributed by atoms with E-state index in [1.165, 1.54) is 0 Å². The smallest absolute Gasteiger partial charge is 0.331 e. The third kappa shape index (κ3) is 1.57. The lowest BCUT2D eigenvalue weighted by molar-refractivity contribution is -0.135. The van der Waals surface area contributed by atoms with Crippen LogP contribution in [-0.2, 0) is 14.3 Å². The average molecular weight is 236 g/mol. The number of rotatable bonds is 1. The van der Waals surface area contributed by atoms with E-state index < -0.39 is 0 Å². The standard InChI is InChI=1S/C12H16N2O3/c15-10-5-8(7-17-10)9-6-13-3-1-12(9)2-4-14-11(12)16/h5,9,13H,1-4,6-7H2,(H,14,16). The highest BCUT2D eigenvalue weighted by Crippen LogP contribution is 2.44. The molecule has 92 valence electrons. The van der Waals surface area contributed by atoms with Crippen LogP contribution < -0.4 is 10.6 Å². The summed E-state index contributed by atoms with van der Waals surface area (Å²) in [7, 11) is 0. The van der Waals surface area contributed by atoms with Crippen molar-refractivity contribution in [3.8, 4) is 0 Å². The van der Waals surface area contributed by atoms with Crippen LogP contribution in [0, 0.1) is 11.3 Å². The Kier molecular flexibility index (Phi) is 2.43. The van der Waals surface area contributed by atoms with Crippen molar-refractivity contribution in [2.24, 2.45) is 11.3 Å². The molecule has 0 aromatic rings. The molecule has 2 atom stereocenters. The van der Waals surface area contributed by atoms with Gasteiger partial charge in [0.05, 0.1) is 5.41 Å². The fourth-order valence-electron chi connectivity index (χ4n) is 3.26. The Morgan fingerprint density at radius 3 is 2.76 bits per heavy atom. The zero-order valence-electron chi connectivity index (χ0n) is 9.62. The van der Waals surface area contributed by atoms with Crippen LogP contribution in [0.5, 0.6) is 0 Å².